The minimum Gasteiger partial charge on any atom is -0.335 e. The van der Waals surface area contributed by atoms with Gasteiger partial charge in [-0.2, -0.15) is 0 Å². The molecular formula is C14H23N5O2S. The summed E-state index contributed by atoms with van der Waals surface area (Å²) in [5.74, 6) is 0.832. The molecule has 1 atom stereocenters. The van der Waals surface area contributed by atoms with Gasteiger partial charge in [-0.05, 0) is 26.2 Å². The SMILES string of the molecule is CC[C@@H](C)NC(=O)NC(=O)CSc1nnc2n1CCCCC2. The van der Waals surface area contributed by atoms with Crippen LogP contribution in [0.2, 0.25) is 0 Å². The van der Waals surface area contributed by atoms with Crippen LogP contribution in [0.1, 0.15) is 45.4 Å². The molecule has 0 saturated heterocycles. The summed E-state index contributed by atoms with van der Waals surface area (Å²) in [6.45, 7) is 4.77. The molecule has 0 aliphatic carbocycles. The van der Waals surface area contributed by atoms with Crippen LogP contribution in [0.3, 0.4) is 0 Å². The average molecular weight is 325 g/mol. The van der Waals surface area contributed by atoms with Crippen molar-refractivity contribution in [1.29, 1.82) is 0 Å². The Balaban J connectivity index is 1.81. The number of nitrogens with one attached hydrogen (secondary N) is 2. The van der Waals surface area contributed by atoms with Crippen LogP contribution in [0.25, 0.3) is 0 Å². The first-order valence-corrected chi connectivity index (χ1v) is 8.74. The van der Waals surface area contributed by atoms with Crippen LogP contribution < -0.4 is 10.6 Å². The molecule has 0 bridgehead atoms. The van der Waals surface area contributed by atoms with E-state index < -0.39 is 6.03 Å². The minimum absolute atomic E-state index is 0.0488. The topological polar surface area (TPSA) is 88.9 Å². The van der Waals surface area contributed by atoms with E-state index in [9.17, 15) is 9.59 Å². The lowest BCUT2D eigenvalue weighted by atomic mass is 10.2. The highest BCUT2D eigenvalue weighted by atomic mass is 32.2. The molecule has 0 spiro atoms. The van der Waals surface area contributed by atoms with Crippen molar-refractivity contribution < 1.29 is 9.59 Å². The summed E-state index contributed by atoms with van der Waals surface area (Å²) in [7, 11) is 0. The molecule has 1 aromatic heterocycles. The fourth-order valence-electron chi connectivity index (χ4n) is 2.22. The van der Waals surface area contributed by atoms with E-state index in [1.54, 1.807) is 0 Å². The Morgan fingerprint density at radius 2 is 2.14 bits per heavy atom. The molecule has 7 nitrogen and oxygen atoms in total. The number of urea groups is 1. The summed E-state index contributed by atoms with van der Waals surface area (Å²) >= 11 is 1.32. The van der Waals surface area contributed by atoms with Crippen LogP contribution in [0.15, 0.2) is 5.16 Å². The second kappa shape index (κ2) is 8.17. The van der Waals surface area contributed by atoms with Crippen molar-refractivity contribution in [3.63, 3.8) is 0 Å². The van der Waals surface area contributed by atoms with Gasteiger partial charge in [0.25, 0.3) is 0 Å². The van der Waals surface area contributed by atoms with Crippen LogP contribution in [-0.2, 0) is 17.8 Å². The summed E-state index contributed by atoms with van der Waals surface area (Å²) in [5.41, 5.74) is 0. The summed E-state index contributed by atoms with van der Waals surface area (Å²) in [6, 6.07) is -0.396. The van der Waals surface area contributed by atoms with E-state index in [-0.39, 0.29) is 17.7 Å². The number of amides is 3. The summed E-state index contributed by atoms with van der Waals surface area (Å²) in [4.78, 5) is 23.4. The number of carbonyl (C=O) groups excluding carboxylic acids is 2. The number of carbonyl (C=O) groups is 2. The Kier molecular flexibility index (Phi) is 6.23. The Labute approximate surface area is 134 Å². The van der Waals surface area contributed by atoms with Crippen molar-refractivity contribution >= 4 is 23.7 Å². The molecular weight excluding hydrogens is 302 g/mol. The highest BCUT2D eigenvalue weighted by Gasteiger charge is 2.17. The van der Waals surface area contributed by atoms with Crippen LogP contribution in [-0.4, -0.2) is 38.5 Å². The van der Waals surface area contributed by atoms with Gasteiger partial charge in [-0.15, -0.1) is 10.2 Å². The third-order valence-corrected chi connectivity index (χ3v) is 4.62. The first-order valence-electron chi connectivity index (χ1n) is 7.75. The predicted octanol–water partition coefficient (Wildman–Crippen LogP) is 1.72. The summed E-state index contributed by atoms with van der Waals surface area (Å²) < 4.78 is 2.09. The van der Waals surface area contributed by atoms with Gasteiger partial charge in [0.05, 0.1) is 5.75 Å². The quantitative estimate of drug-likeness (QED) is 0.805. The normalized spacial score (nSPS) is 15.5. The average Bonchev–Trinajstić information content (AvgIpc) is 2.71. The number of rotatable bonds is 5. The lowest BCUT2D eigenvalue weighted by Gasteiger charge is -2.11. The first kappa shape index (κ1) is 16.8. The van der Waals surface area contributed by atoms with Gasteiger partial charge in [0, 0.05) is 19.0 Å². The molecule has 0 fully saturated rings. The molecule has 8 heteroatoms. The molecule has 0 aromatic carbocycles. The van der Waals surface area contributed by atoms with Crippen molar-refractivity contribution in [1.82, 2.24) is 25.4 Å². The number of nitrogens with zero attached hydrogens (tertiary/aromatic N) is 3. The lowest BCUT2D eigenvalue weighted by molar-refractivity contribution is -0.117. The molecule has 22 heavy (non-hydrogen) atoms. The van der Waals surface area contributed by atoms with Crippen LogP contribution >= 0.6 is 11.8 Å². The zero-order valence-electron chi connectivity index (χ0n) is 13.1. The number of thioether (sulfide) groups is 1. The maximum Gasteiger partial charge on any atom is 0.321 e. The van der Waals surface area contributed by atoms with Crippen molar-refractivity contribution in [3.8, 4) is 0 Å². The highest BCUT2D eigenvalue weighted by Crippen LogP contribution is 2.21. The van der Waals surface area contributed by atoms with E-state index >= 15 is 0 Å². The molecule has 1 aliphatic rings. The van der Waals surface area contributed by atoms with Gasteiger partial charge in [-0.25, -0.2) is 4.79 Å². The van der Waals surface area contributed by atoms with Crippen molar-refractivity contribution in [2.24, 2.45) is 0 Å². The van der Waals surface area contributed by atoms with Gasteiger partial charge >= 0.3 is 6.03 Å². The maximum atomic E-state index is 11.8. The molecule has 0 unspecified atom stereocenters. The van der Waals surface area contributed by atoms with E-state index in [1.807, 2.05) is 13.8 Å². The van der Waals surface area contributed by atoms with Gasteiger partial charge in [0.1, 0.15) is 5.82 Å². The van der Waals surface area contributed by atoms with Crippen LogP contribution in [0.4, 0.5) is 4.79 Å². The Hall–Kier alpha value is -1.57. The summed E-state index contributed by atoms with van der Waals surface area (Å²) in [6.07, 6.45) is 5.21. The minimum atomic E-state index is -0.444. The van der Waals surface area contributed by atoms with Gasteiger partial charge in [-0.1, -0.05) is 25.1 Å². The maximum absolute atomic E-state index is 11.8. The number of aromatic nitrogens is 3. The molecule has 2 rings (SSSR count). The molecule has 0 radical (unpaired) electrons. The lowest BCUT2D eigenvalue weighted by Crippen LogP contribution is -2.43. The third kappa shape index (κ3) is 4.72. The number of aryl methyl sites for hydroxylation is 1. The van der Waals surface area contributed by atoms with Crippen LogP contribution in [0.5, 0.6) is 0 Å². The van der Waals surface area contributed by atoms with Crippen molar-refractivity contribution in [2.75, 3.05) is 5.75 Å². The summed E-state index contributed by atoms with van der Waals surface area (Å²) in [5, 5.41) is 14.1. The van der Waals surface area contributed by atoms with E-state index in [2.05, 4.69) is 25.4 Å². The standard InChI is InChI=1S/C14H23N5O2S/c1-3-10(2)15-13(21)16-12(20)9-22-14-18-17-11-7-5-4-6-8-19(11)14/h10H,3-9H2,1-2H3,(H2,15,16,20,21)/t10-/m1/s1. The van der Waals surface area contributed by atoms with E-state index in [0.29, 0.717) is 0 Å². The van der Waals surface area contributed by atoms with Crippen molar-refractivity contribution in [2.45, 2.75) is 63.7 Å². The first-order chi connectivity index (χ1) is 10.6. The zero-order valence-corrected chi connectivity index (χ0v) is 13.9. The fraction of sp³-hybridized carbons (Fsp3) is 0.714. The molecule has 3 amide bonds. The molecule has 2 heterocycles. The second-order valence-electron chi connectivity index (χ2n) is 5.48. The van der Waals surface area contributed by atoms with Gasteiger partial charge < -0.3 is 9.88 Å². The molecule has 1 aliphatic heterocycles. The molecule has 122 valence electrons. The highest BCUT2D eigenvalue weighted by molar-refractivity contribution is 7.99. The Morgan fingerprint density at radius 1 is 1.32 bits per heavy atom. The number of hydrogen-bond acceptors (Lipinski definition) is 5. The molecule has 1 aromatic rings. The van der Waals surface area contributed by atoms with Crippen molar-refractivity contribution in [3.05, 3.63) is 5.82 Å². The molecule has 2 N–H and O–H groups in total. The number of hydrogen-bond donors (Lipinski definition) is 2. The zero-order chi connectivity index (χ0) is 15.9. The largest absolute Gasteiger partial charge is 0.335 e. The van der Waals surface area contributed by atoms with Gasteiger partial charge in [0.2, 0.25) is 5.91 Å². The van der Waals surface area contributed by atoms with Crippen LogP contribution in [0, 0.1) is 0 Å². The Morgan fingerprint density at radius 3 is 2.91 bits per heavy atom. The monoisotopic (exact) mass is 325 g/mol. The smallest absolute Gasteiger partial charge is 0.321 e. The van der Waals surface area contributed by atoms with E-state index in [4.69, 9.17) is 0 Å². The number of imide groups is 1. The second-order valence-corrected chi connectivity index (χ2v) is 6.42. The predicted molar refractivity (Wildman–Crippen MR) is 84.7 cm³/mol. The Bertz CT molecular complexity index is 531. The fourth-order valence-corrected chi connectivity index (χ4v) is 3.00. The van der Waals surface area contributed by atoms with Gasteiger partial charge in [-0.3, -0.25) is 10.1 Å². The van der Waals surface area contributed by atoms with E-state index in [1.165, 1.54) is 18.2 Å². The number of fused-ring (bicyclic) bond motifs is 1. The van der Waals surface area contributed by atoms with E-state index in [0.717, 1.165) is 43.2 Å². The third-order valence-electron chi connectivity index (χ3n) is 3.65. The van der Waals surface area contributed by atoms with Gasteiger partial charge in [0.15, 0.2) is 5.16 Å². The molecule has 0 saturated carbocycles.